The van der Waals surface area contributed by atoms with E-state index in [1.54, 1.807) is 7.05 Å². The van der Waals surface area contributed by atoms with Crippen molar-refractivity contribution in [1.82, 2.24) is 20.9 Å². The van der Waals surface area contributed by atoms with Crippen LogP contribution in [0.15, 0.2) is 35.5 Å². The van der Waals surface area contributed by atoms with Crippen molar-refractivity contribution in [2.45, 2.75) is 103 Å². The SMILES string of the molecule is CN=C(N)NCCC[C@H](NC(=O)CCc1c[nH]c2ccccc12)C(=O)N[C@@H](CC(C)C)B1O[C@@H]2C[C@@H]3C[C@@H](C3(C)C)[C@]2(C)O1. The summed E-state index contributed by atoms with van der Waals surface area (Å²) in [7, 11) is 1.10. The molecule has 6 atom stereocenters. The number of nitrogens with zero attached hydrogens (tertiary/aromatic N) is 1. The van der Waals surface area contributed by atoms with Gasteiger partial charge in [-0.1, -0.05) is 45.9 Å². The highest BCUT2D eigenvalue weighted by Gasteiger charge is 2.68. The van der Waals surface area contributed by atoms with Crippen molar-refractivity contribution in [3.05, 3.63) is 36.0 Å². The van der Waals surface area contributed by atoms with E-state index in [-0.39, 0.29) is 41.3 Å². The lowest BCUT2D eigenvalue weighted by Gasteiger charge is -2.64. The summed E-state index contributed by atoms with van der Waals surface area (Å²) < 4.78 is 13.3. The monoisotopic (exact) mass is 606 g/mol. The number of aromatic nitrogens is 1. The van der Waals surface area contributed by atoms with Gasteiger partial charge in [0.15, 0.2) is 5.96 Å². The molecule has 3 saturated carbocycles. The third-order valence-electron chi connectivity index (χ3n) is 10.5. The second-order valence-electron chi connectivity index (χ2n) is 14.2. The van der Waals surface area contributed by atoms with Gasteiger partial charge >= 0.3 is 7.12 Å². The van der Waals surface area contributed by atoms with Crippen LogP contribution in [0.4, 0.5) is 0 Å². The molecule has 0 spiro atoms. The first-order chi connectivity index (χ1) is 20.9. The maximum absolute atomic E-state index is 13.9. The number of amides is 2. The molecule has 1 aromatic carbocycles. The number of rotatable bonds is 13. The van der Waals surface area contributed by atoms with Gasteiger partial charge in [-0.25, -0.2) is 0 Å². The van der Waals surface area contributed by atoms with E-state index >= 15 is 0 Å². The highest BCUT2D eigenvalue weighted by atomic mass is 16.7. The van der Waals surface area contributed by atoms with E-state index < -0.39 is 13.2 Å². The van der Waals surface area contributed by atoms with E-state index in [9.17, 15) is 9.59 Å². The molecule has 240 valence electrons. The Morgan fingerprint density at radius 1 is 1.18 bits per heavy atom. The van der Waals surface area contributed by atoms with Gasteiger partial charge in [-0.15, -0.1) is 0 Å². The number of guanidine groups is 1. The Kier molecular flexibility index (Phi) is 9.65. The lowest BCUT2D eigenvalue weighted by atomic mass is 9.43. The van der Waals surface area contributed by atoms with Crippen LogP contribution in [-0.4, -0.2) is 67.2 Å². The number of fused-ring (bicyclic) bond motifs is 1. The number of carbonyl (C=O) groups is 2. The van der Waals surface area contributed by atoms with Crippen LogP contribution >= 0.6 is 0 Å². The molecule has 1 aromatic heterocycles. The molecule has 1 saturated heterocycles. The Balaban J connectivity index is 1.25. The molecule has 2 amide bonds. The molecule has 0 unspecified atom stereocenters. The van der Waals surface area contributed by atoms with Crippen LogP contribution in [0.3, 0.4) is 0 Å². The summed E-state index contributed by atoms with van der Waals surface area (Å²) in [5.74, 6) is 1.05. The fourth-order valence-electron chi connectivity index (χ4n) is 7.82. The number of aromatic amines is 1. The summed E-state index contributed by atoms with van der Waals surface area (Å²) in [5, 5.41) is 10.4. The van der Waals surface area contributed by atoms with Gasteiger partial charge in [-0.05, 0) is 80.2 Å². The van der Waals surface area contributed by atoms with Gasteiger partial charge < -0.3 is 36.0 Å². The van der Waals surface area contributed by atoms with Gasteiger partial charge in [0.2, 0.25) is 11.8 Å². The summed E-state index contributed by atoms with van der Waals surface area (Å²) in [4.78, 5) is 34.3. The maximum atomic E-state index is 13.9. The summed E-state index contributed by atoms with van der Waals surface area (Å²) in [5.41, 5.74) is 7.80. The van der Waals surface area contributed by atoms with Crippen LogP contribution in [-0.2, 0) is 25.3 Å². The number of nitrogens with two attached hydrogens (primary N) is 1. The Hall–Kier alpha value is -3.05. The minimum Gasteiger partial charge on any atom is -0.404 e. The number of aryl methyl sites for hydroxylation is 1. The second-order valence-corrected chi connectivity index (χ2v) is 14.2. The predicted molar refractivity (Wildman–Crippen MR) is 175 cm³/mol. The first kappa shape index (κ1) is 32.4. The molecule has 1 aliphatic heterocycles. The van der Waals surface area contributed by atoms with E-state index in [0.29, 0.717) is 55.9 Å². The fourth-order valence-corrected chi connectivity index (χ4v) is 7.82. The summed E-state index contributed by atoms with van der Waals surface area (Å²) in [6.45, 7) is 11.7. The van der Waals surface area contributed by atoms with Gasteiger partial charge in [0, 0.05) is 37.1 Å². The topological polar surface area (TPSA) is 143 Å². The van der Waals surface area contributed by atoms with Crippen LogP contribution in [0.1, 0.15) is 78.7 Å². The van der Waals surface area contributed by atoms with Gasteiger partial charge in [-0.2, -0.15) is 0 Å². The van der Waals surface area contributed by atoms with Gasteiger partial charge in [0.05, 0.1) is 17.6 Å². The zero-order valence-corrected chi connectivity index (χ0v) is 27.2. The molecule has 6 N–H and O–H groups in total. The van der Waals surface area contributed by atoms with Crippen LogP contribution in [0.5, 0.6) is 0 Å². The number of hydrogen-bond acceptors (Lipinski definition) is 5. The number of para-hydroxylation sites is 1. The summed E-state index contributed by atoms with van der Waals surface area (Å²) >= 11 is 0. The van der Waals surface area contributed by atoms with Crippen LogP contribution in [0.2, 0.25) is 0 Å². The number of H-pyrrole nitrogens is 1. The average Bonchev–Trinajstić information content (AvgIpc) is 3.57. The summed E-state index contributed by atoms with van der Waals surface area (Å²) in [6.07, 6.45) is 6.80. The number of carbonyl (C=O) groups excluding carboxylic acids is 2. The molecular weight excluding hydrogens is 555 g/mol. The van der Waals surface area contributed by atoms with Crippen LogP contribution in [0, 0.1) is 23.2 Å². The highest BCUT2D eigenvalue weighted by Crippen LogP contribution is 2.65. The summed E-state index contributed by atoms with van der Waals surface area (Å²) in [6, 6.07) is 7.35. The Labute approximate surface area is 262 Å². The smallest absolute Gasteiger partial charge is 0.404 e. The molecule has 2 aromatic rings. The normalized spacial score (nSPS) is 27.0. The maximum Gasteiger partial charge on any atom is 0.481 e. The van der Waals surface area contributed by atoms with Crippen LogP contribution in [0.25, 0.3) is 10.9 Å². The molecule has 2 bridgehead atoms. The zero-order valence-electron chi connectivity index (χ0n) is 27.2. The number of nitrogens with one attached hydrogen (secondary N) is 4. The van der Waals surface area contributed by atoms with Gasteiger partial charge in [0.1, 0.15) is 6.04 Å². The molecule has 0 radical (unpaired) electrons. The van der Waals surface area contributed by atoms with Crippen molar-refractivity contribution in [3.63, 3.8) is 0 Å². The Bertz CT molecular complexity index is 1360. The molecule has 44 heavy (non-hydrogen) atoms. The van der Waals surface area contributed by atoms with Gasteiger partial charge in [0.25, 0.3) is 0 Å². The first-order valence-corrected chi connectivity index (χ1v) is 16.4. The third kappa shape index (κ3) is 6.64. The van der Waals surface area contributed by atoms with E-state index in [0.717, 1.165) is 22.9 Å². The van der Waals surface area contributed by atoms with Crippen molar-refractivity contribution in [1.29, 1.82) is 0 Å². The van der Waals surface area contributed by atoms with Gasteiger partial charge in [-0.3, -0.25) is 14.6 Å². The minimum absolute atomic E-state index is 0.0348. The van der Waals surface area contributed by atoms with Crippen molar-refractivity contribution < 1.29 is 18.9 Å². The van der Waals surface area contributed by atoms with E-state index in [4.69, 9.17) is 15.0 Å². The van der Waals surface area contributed by atoms with Crippen molar-refractivity contribution in [3.8, 4) is 0 Å². The third-order valence-corrected chi connectivity index (χ3v) is 10.5. The average molecular weight is 607 g/mol. The largest absolute Gasteiger partial charge is 0.481 e. The number of benzene rings is 1. The van der Waals surface area contributed by atoms with E-state index in [1.165, 1.54) is 6.42 Å². The molecule has 6 rings (SSSR count). The predicted octanol–water partition coefficient (Wildman–Crippen LogP) is 3.70. The van der Waals surface area contributed by atoms with E-state index in [1.807, 2.05) is 24.4 Å². The Morgan fingerprint density at radius 3 is 2.68 bits per heavy atom. The molecule has 4 aliphatic rings. The van der Waals surface area contributed by atoms with Crippen LogP contribution < -0.4 is 21.7 Å². The molecule has 3 aliphatic carbocycles. The lowest BCUT2D eigenvalue weighted by Crippen LogP contribution is -2.65. The van der Waals surface area contributed by atoms with E-state index in [2.05, 4.69) is 66.6 Å². The van der Waals surface area contributed by atoms with Crippen molar-refractivity contribution >= 4 is 35.8 Å². The second kappa shape index (κ2) is 13.1. The fraction of sp³-hybridized carbons (Fsp3) is 0.667. The molecular formula is C33H51BN6O4. The lowest BCUT2D eigenvalue weighted by molar-refractivity contribution is -0.199. The molecule has 2 heterocycles. The number of aliphatic imine (C=N–C) groups is 1. The highest BCUT2D eigenvalue weighted by molar-refractivity contribution is 6.48. The minimum atomic E-state index is -0.701. The Morgan fingerprint density at radius 2 is 1.95 bits per heavy atom. The van der Waals surface area contributed by atoms with Crippen molar-refractivity contribution in [2.75, 3.05) is 13.6 Å². The molecule has 11 heteroatoms. The standard InChI is InChI=1S/C33H51BN6O4/c1-20(2)16-28(34-43-27-18-22-17-26(32(22,3)4)33(27,5)44-34)40-30(42)25(12-9-15-37-31(35)36-6)39-29(41)14-13-21-19-38-24-11-8-7-10-23(21)24/h7-8,10-11,19-20,22,25-28,38H,9,12-18H2,1-6H3,(H,39,41)(H,40,42)(H3,35,36,37)/t22-,25-,26-,27+,28-,33-/m0/s1. The first-order valence-electron chi connectivity index (χ1n) is 16.4. The van der Waals surface area contributed by atoms with Crippen molar-refractivity contribution in [2.24, 2.45) is 33.9 Å². The number of hydrogen-bond donors (Lipinski definition) is 5. The molecule has 10 nitrogen and oxygen atoms in total. The molecule has 4 fully saturated rings. The zero-order chi connectivity index (χ0) is 31.6. The quantitative estimate of drug-likeness (QED) is 0.102.